The van der Waals surface area contributed by atoms with Crippen molar-refractivity contribution in [3.05, 3.63) is 35.4 Å². The topological polar surface area (TPSA) is 33.1 Å². The van der Waals surface area contributed by atoms with E-state index in [0.29, 0.717) is 11.8 Å². The first-order chi connectivity index (χ1) is 7.54. The number of methoxy groups -OCH3 is 1. The van der Waals surface area contributed by atoms with Crippen LogP contribution >= 0.6 is 0 Å². The van der Waals surface area contributed by atoms with Crippen molar-refractivity contribution in [2.45, 2.75) is 33.1 Å². The SMILES string of the molecule is COC(=N)C(C)c1ccc(CC(C)C)cc1. The van der Waals surface area contributed by atoms with Crippen LogP contribution in [0.15, 0.2) is 24.3 Å². The molecule has 0 aliphatic rings. The fraction of sp³-hybridized carbons (Fsp3) is 0.500. The van der Waals surface area contributed by atoms with Crippen LogP contribution in [0.2, 0.25) is 0 Å². The number of hydrogen-bond acceptors (Lipinski definition) is 2. The molecule has 0 radical (unpaired) electrons. The molecule has 0 fully saturated rings. The molecule has 0 amide bonds. The van der Waals surface area contributed by atoms with E-state index >= 15 is 0 Å². The van der Waals surface area contributed by atoms with Crippen LogP contribution < -0.4 is 0 Å². The van der Waals surface area contributed by atoms with Crippen LogP contribution in [0.5, 0.6) is 0 Å². The minimum atomic E-state index is 0.0399. The van der Waals surface area contributed by atoms with Crippen LogP contribution in [0.3, 0.4) is 0 Å². The monoisotopic (exact) mass is 219 g/mol. The van der Waals surface area contributed by atoms with E-state index in [1.165, 1.54) is 5.56 Å². The first-order valence-electron chi connectivity index (χ1n) is 5.75. The van der Waals surface area contributed by atoms with Gasteiger partial charge in [0.1, 0.15) is 0 Å². The number of ether oxygens (including phenoxy) is 1. The standard InChI is InChI=1S/C14H21NO/c1-10(2)9-12-5-7-13(8-6-12)11(3)14(15)16-4/h5-8,10-11,15H,9H2,1-4H3. The van der Waals surface area contributed by atoms with Gasteiger partial charge in [-0.2, -0.15) is 0 Å². The summed E-state index contributed by atoms with van der Waals surface area (Å²) in [4.78, 5) is 0. The molecule has 2 nitrogen and oxygen atoms in total. The molecule has 1 aromatic rings. The number of nitrogens with one attached hydrogen (secondary N) is 1. The number of rotatable bonds is 4. The lowest BCUT2D eigenvalue weighted by molar-refractivity contribution is 0.380. The molecule has 0 bridgehead atoms. The summed E-state index contributed by atoms with van der Waals surface area (Å²) < 4.78 is 4.94. The van der Waals surface area contributed by atoms with Crippen LogP contribution in [0, 0.1) is 11.3 Å². The van der Waals surface area contributed by atoms with Gasteiger partial charge in [-0.25, -0.2) is 0 Å². The van der Waals surface area contributed by atoms with Crippen LogP contribution in [0.1, 0.15) is 37.8 Å². The van der Waals surface area contributed by atoms with Gasteiger partial charge in [0, 0.05) is 0 Å². The van der Waals surface area contributed by atoms with E-state index in [-0.39, 0.29) is 5.92 Å². The van der Waals surface area contributed by atoms with Gasteiger partial charge in [0.2, 0.25) is 0 Å². The smallest absolute Gasteiger partial charge is 0.187 e. The Morgan fingerprint density at radius 2 is 1.75 bits per heavy atom. The Morgan fingerprint density at radius 1 is 1.19 bits per heavy atom. The molecule has 0 aromatic heterocycles. The first kappa shape index (κ1) is 12.8. The molecule has 1 aromatic carbocycles. The Hall–Kier alpha value is -1.31. The quantitative estimate of drug-likeness (QED) is 0.609. The lowest BCUT2D eigenvalue weighted by Crippen LogP contribution is -2.09. The summed E-state index contributed by atoms with van der Waals surface area (Å²) in [6, 6.07) is 8.48. The molecule has 0 spiro atoms. The second-order valence-corrected chi connectivity index (χ2v) is 4.63. The summed E-state index contributed by atoms with van der Waals surface area (Å²) in [6.45, 7) is 6.43. The van der Waals surface area contributed by atoms with Crippen LogP contribution in [-0.2, 0) is 11.2 Å². The van der Waals surface area contributed by atoms with Gasteiger partial charge in [-0.15, -0.1) is 0 Å². The minimum Gasteiger partial charge on any atom is -0.484 e. The highest BCUT2D eigenvalue weighted by atomic mass is 16.5. The molecule has 1 rings (SSSR count). The lowest BCUT2D eigenvalue weighted by Gasteiger charge is -2.13. The Bertz CT molecular complexity index is 340. The second-order valence-electron chi connectivity index (χ2n) is 4.63. The molecule has 16 heavy (non-hydrogen) atoms. The molecule has 0 heterocycles. The lowest BCUT2D eigenvalue weighted by atomic mass is 9.97. The summed E-state index contributed by atoms with van der Waals surface area (Å²) in [6.07, 6.45) is 1.11. The summed E-state index contributed by atoms with van der Waals surface area (Å²) in [5, 5.41) is 7.63. The van der Waals surface area contributed by atoms with Crippen LogP contribution in [0.4, 0.5) is 0 Å². The molecule has 1 N–H and O–H groups in total. The third kappa shape index (κ3) is 3.37. The summed E-state index contributed by atoms with van der Waals surface area (Å²) in [5.41, 5.74) is 2.49. The molecular weight excluding hydrogens is 198 g/mol. The van der Waals surface area contributed by atoms with Crippen molar-refractivity contribution in [2.24, 2.45) is 5.92 Å². The largest absolute Gasteiger partial charge is 0.484 e. The number of benzene rings is 1. The molecule has 1 atom stereocenters. The second kappa shape index (κ2) is 5.69. The zero-order valence-corrected chi connectivity index (χ0v) is 10.6. The van der Waals surface area contributed by atoms with Gasteiger partial charge in [-0.1, -0.05) is 38.1 Å². The zero-order chi connectivity index (χ0) is 12.1. The Kier molecular flexibility index (Phi) is 4.53. The maximum atomic E-state index is 7.63. The van der Waals surface area contributed by atoms with Gasteiger partial charge in [0.05, 0.1) is 13.0 Å². The van der Waals surface area contributed by atoms with E-state index in [4.69, 9.17) is 10.1 Å². The molecule has 2 heteroatoms. The fourth-order valence-electron chi connectivity index (χ4n) is 1.74. The molecule has 0 saturated carbocycles. The van der Waals surface area contributed by atoms with Gasteiger partial charge in [0.25, 0.3) is 0 Å². The maximum Gasteiger partial charge on any atom is 0.187 e. The Labute approximate surface area is 98.1 Å². The summed E-state index contributed by atoms with van der Waals surface area (Å²) >= 11 is 0. The van der Waals surface area contributed by atoms with Crippen molar-refractivity contribution < 1.29 is 4.74 Å². The highest BCUT2D eigenvalue weighted by molar-refractivity contribution is 5.80. The Morgan fingerprint density at radius 3 is 2.19 bits per heavy atom. The summed E-state index contributed by atoms with van der Waals surface area (Å²) in [5.74, 6) is 1.04. The molecule has 0 aliphatic heterocycles. The third-order valence-corrected chi connectivity index (χ3v) is 2.74. The van der Waals surface area contributed by atoms with Crippen molar-refractivity contribution in [2.75, 3.05) is 7.11 Å². The number of hydrogen-bond donors (Lipinski definition) is 1. The molecule has 0 saturated heterocycles. The van der Waals surface area contributed by atoms with Crippen LogP contribution in [-0.4, -0.2) is 13.0 Å². The molecule has 1 unspecified atom stereocenters. The maximum absolute atomic E-state index is 7.63. The summed E-state index contributed by atoms with van der Waals surface area (Å²) in [7, 11) is 1.55. The molecule has 88 valence electrons. The van der Waals surface area contributed by atoms with Gasteiger partial charge in [0.15, 0.2) is 5.90 Å². The molecule has 0 aliphatic carbocycles. The van der Waals surface area contributed by atoms with E-state index in [1.807, 2.05) is 6.92 Å². The van der Waals surface area contributed by atoms with E-state index < -0.39 is 0 Å². The van der Waals surface area contributed by atoms with Crippen molar-refractivity contribution in [1.29, 1.82) is 5.41 Å². The van der Waals surface area contributed by atoms with Gasteiger partial charge >= 0.3 is 0 Å². The predicted molar refractivity (Wildman–Crippen MR) is 68.1 cm³/mol. The van der Waals surface area contributed by atoms with E-state index in [9.17, 15) is 0 Å². The van der Waals surface area contributed by atoms with Crippen molar-refractivity contribution in [3.63, 3.8) is 0 Å². The van der Waals surface area contributed by atoms with Crippen molar-refractivity contribution in [1.82, 2.24) is 0 Å². The van der Waals surface area contributed by atoms with Gasteiger partial charge in [-0.3, -0.25) is 5.41 Å². The van der Waals surface area contributed by atoms with Crippen molar-refractivity contribution in [3.8, 4) is 0 Å². The third-order valence-electron chi connectivity index (χ3n) is 2.74. The van der Waals surface area contributed by atoms with E-state index in [0.717, 1.165) is 12.0 Å². The highest BCUT2D eigenvalue weighted by Crippen LogP contribution is 2.18. The highest BCUT2D eigenvalue weighted by Gasteiger charge is 2.11. The minimum absolute atomic E-state index is 0.0399. The van der Waals surface area contributed by atoms with Crippen LogP contribution in [0.25, 0.3) is 0 Å². The molecular formula is C14H21NO. The average molecular weight is 219 g/mol. The Balaban J connectivity index is 2.74. The van der Waals surface area contributed by atoms with E-state index in [2.05, 4.69) is 38.1 Å². The van der Waals surface area contributed by atoms with Gasteiger partial charge in [-0.05, 0) is 30.4 Å². The first-order valence-corrected chi connectivity index (χ1v) is 5.75. The zero-order valence-electron chi connectivity index (χ0n) is 10.6. The average Bonchev–Trinajstić information content (AvgIpc) is 2.27. The van der Waals surface area contributed by atoms with E-state index in [1.54, 1.807) is 7.11 Å². The predicted octanol–water partition coefficient (Wildman–Crippen LogP) is 3.61. The normalized spacial score (nSPS) is 12.6. The fourth-order valence-corrected chi connectivity index (χ4v) is 1.74. The van der Waals surface area contributed by atoms with Crippen molar-refractivity contribution >= 4 is 5.90 Å². The van der Waals surface area contributed by atoms with Gasteiger partial charge < -0.3 is 4.74 Å².